The Morgan fingerprint density at radius 2 is 1.65 bits per heavy atom. The zero-order valence-corrected chi connectivity index (χ0v) is 17.4. The van der Waals surface area contributed by atoms with Crippen LogP contribution < -0.4 is 10.1 Å². The number of nitrogens with zero attached hydrogens (tertiary/aromatic N) is 1. The van der Waals surface area contributed by atoms with E-state index < -0.39 is 0 Å². The van der Waals surface area contributed by atoms with E-state index in [1.165, 1.54) is 12.1 Å². The van der Waals surface area contributed by atoms with Crippen LogP contribution in [0.25, 0.3) is 16.9 Å². The van der Waals surface area contributed by atoms with Gasteiger partial charge in [0.2, 0.25) is 0 Å². The van der Waals surface area contributed by atoms with Crippen molar-refractivity contribution in [2.45, 2.75) is 13.5 Å². The minimum Gasteiger partial charge on any atom is -0.495 e. The van der Waals surface area contributed by atoms with Crippen molar-refractivity contribution in [3.63, 3.8) is 0 Å². The number of methoxy groups -OCH3 is 1. The second kappa shape index (κ2) is 8.88. The van der Waals surface area contributed by atoms with Gasteiger partial charge in [0.15, 0.2) is 0 Å². The average Bonchev–Trinajstić information content (AvgIpc) is 3.16. The summed E-state index contributed by atoms with van der Waals surface area (Å²) in [6.45, 7) is 2.24. The number of hydrogen-bond donors (Lipinski definition) is 1. The van der Waals surface area contributed by atoms with Crippen LogP contribution in [0, 0.1) is 12.7 Å². The van der Waals surface area contributed by atoms with Crippen LogP contribution in [-0.4, -0.2) is 17.6 Å². The summed E-state index contributed by atoms with van der Waals surface area (Å²) in [6.07, 6.45) is 0. The molecule has 1 amide bonds. The molecular formula is C26H23FN2O2. The van der Waals surface area contributed by atoms with Gasteiger partial charge in [0, 0.05) is 12.2 Å². The Kier molecular flexibility index (Phi) is 5.85. The Labute approximate surface area is 180 Å². The molecule has 0 aliphatic carbocycles. The van der Waals surface area contributed by atoms with Crippen LogP contribution in [0.2, 0.25) is 0 Å². The molecule has 0 saturated carbocycles. The summed E-state index contributed by atoms with van der Waals surface area (Å²) < 4.78 is 20.8. The predicted molar refractivity (Wildman–Crippen MR) is 120 cm³/mol. The normalized spacial score (nSPS) is 10.7. The Morgan fingerprint density at radius 3 is 2.35 bits per heavy atom. The third-order valence-corrected chi connectivity index (χ3v) is 5.25. The van der Waals surface area contributed by atoms with Gasteiger partial charge in [-0.1, -0.05) is 54.6 Å². The Balaban J connectivity index is 1.74. The van der Waals surface area contributed by atoms with Gasteiger partial charge in [-0.25, -0.2) is 4.39 Å². The van der Waals surface area contributed by atoms with Crippen molar-refractivity contribution in [2.75, 3.05) is 7.11 Å². The first-order chi connectivity index (χ1) is 15.1. The minimum atomic E-state index is -0.299. The summed E-state index contributed by atoms with van der Waals surface area (Å²) in [7, 11) is 1.64. The van der Waals surface area contributed by atoms with Crippen molar-refractivity contribution >= 4 is 5.91 Å². The van der Waals surface area contributed by atoms with Crippen molar-refractivity contribution in [1.82, 2.24) is 9.88 Å². The first-order valence-electron chi connectivity index (χ1n) is 10.0. The molecule has 0 aliphatic heterocycles. The van der Waals surface area contributed by atoms with Gasteiger partial charge in [-0.15, -0.1) is 0 Å². The third kappa shape index (κ3) is 4.21. The van der Waals surface area contributed by atoms with Crippen molar-refractivity contribution in [1.29, 1.82) is 0 Å². The van der Waals surface area contributed by atoms with E-state index in [0.29, 0.717) is 12.1 Å². The number of nitrogens with one attached hydrogen (secondary N) is 1. The number of para-hydroxylation sites is 2. The van der Waals surface area contributed by atoms with E-state index in [9.17, 15) is 9.18 Å². The monoisotopic (exact) mass is 414 g/mol. The predicted octanol–water partition coefficient (Wildman–Crippen LogP) is 5.53. The second-order valence-electron chi connectivity index (χ2n) is 7.21. The second-order valence-corrected chi connectivity index (χ2v) is 7.21. The number of amides is 1. The van der Waals surface area contributed by atoms with E-state index in [1.54, 1.807) is 19.2 Å². The zero-order chi connectivity index (χ0) is 21.8. The first-order valence-corrected chi connectivity index (χ1v) is 10.0. The highest BCUT2D eigenvalue weighted by Crippen LogP contribution is 2.33. The van der Waals surface area contributed by atoms with Crippen LogP contribution in [0.4, 0.5) is 4.39 Å². The fraction of sp³-hybridized carbons (Fsp3) is 0.115. The molecule has 4 rings (SSSR count). The van der Waals surface area contributed by atoms with Gasteiger partial charge in [0.05, 0.1) is 24.1 Å². The van der Waals surface area contributed by atoms with E-state index >= 15 is 0 Å². The number of carbonyl (C=O) groups excluding carboxylic acids is 1. The molecule has 0 atom stereocenters. The van der Waals surface area contributed by atoms with Crippen molar-refractivity contribution in [3.05, 3.63) is 108 Å². The maximum Gasteiger partial charge on any atom is 0.253 e. The molecule has 0 spiro atoms. The van der Waals surface area contributed by atoms with Crippen LogP contribution in [0.15, 0.2) is 84.9 Å². The minimum absolute atomic E-state index is 0.187. The lowest BCUT2D eigenvalue weighted by Gasteiger charge is -2.15. The molecule has 1 N–H and O–H groups in total. The number of aromatic nitrogens is 1. The van der Waals surface area contributed by atoms with E-state index in [-0.39, 0.29) is 11.7 Å². The molecule has 4 aromatic rings. The number of rotatable bonds is 6. The average molecular weight is 414 g/mol. The Morgan fingerprint density at radius 1 is 0.968 bits per heavy atom. The van der Waals surface area contributed by atoms with Gasteiger partial charge in [-0.05, 0) is 48.4 Å². The van der Waals surface area contributed by atoms with Gasteiger partial charge in [0.25, 0.3) is 5.91 Å². The van der Waals surface area contributed by atoms with Crippen molar-refractivity contribution < 1.29 is 13.9 Å². The molecule has 0 unspecified atom stereocenters. The SMILES string of the molecule is COc1ccccc1-n1c(-c2ccccc2)cc(C(=O)NCc2ccc(F)cc2)c1C. The quantitative estimate of drug-likeness (QED) is 0.451. The number of carbonyl (C=O) groups is 1. The molecule has 0 radical (unpaired) electrons. The maximum absolute atomic E-state index is 13.1. The van der Waals surface area contributed by atoms with Crippen LogP contribution in [0.3, 0.4) is 0 Å². The summed E-state index contributed by atoms with van der Waals surface area (Å²) in [6, 6.07) is 25.7. The fourth-order valence-corrected chi connectivity index (χ4v) is 3.66. The standard InChI is InChI=1S/C26H23FN2O2/c1-18-22(26(30)28-17-19-12-14-21(27)15-13-19)16-24(20-8-4-3-5-9-20)29(18)23-10-6-7-11-25(23)31-2/h3-16H,17H2,1-2H3,(H,28,30). The summed E-state index contributed by atoms with van der Waals surface area (Å²) in [4.78, 5) is 13.1. The molecule has 1 aromatic heterocycles. The Bertz CT molecular complexity index is 1200. The van der Waals surface area contributed by atoms with E-state index in [4.69, 9.17) is 4.74 Å². The molecule has 4 nitrogen and oxygen atoms in total. The molecule has 0 fully saturated rings. The number of benzene rings is 3. The topological polar surface area (TPSA) is 43.3 Å². The van der Waals surface area contributed by atoms with E-state index in [1.807, 2.05) is 72.2 Å². The van der Waals surface area contributed by atoms with Crippen LogP contribution in [-0.2, 0) is 6.54 Å². The lowest BCUT2D eigenvalue weighted by atomic mass is 10.1. The summed E-state index contributed by atoms with van der Waals surface area (Å²) in [5.74, 6) is 0.233. The molecule has 31 heavy (non-hydrogen) atoms. The molecule has 1 heterocycles. The van der Waals surface area contributed by atoms with Crippen molar-refractivity contribution in [3.8, 4) is 22.7 Å². The highest BCUT2D eigenvalue weighted by atomic mass is 19.1. The fourth-order valence-electron chi connectivity index (χ4n) is 3.66. The largest absolute Gasteiger partial charge is 0.495 e. The van der Waals surface area contributed by atoms with Crippen LogP contribution in [0.5, 0.6) is 5.75 Å². The Hall–Kier alpha value is -3.86. The smallest absolute Gasteiger partial charge is 0.253 e. The van der Waals surface area contributed by atoms with Crippen molar-refractivity contribution in [2.24, 2.45) is 0 Å². The first kappa shape index (κ1) is 20.4. The highest BCUT2D eigenvalue weighted by molar-refractivity contribution is 5.97. The third-order valence-electron chi connectivity index (χ3n) is 5.25. The van der Waals surface area contributed by atoms with Crippen LogP contribution in [0.1, 0.15) is 21.6 Å². The van der Waals surface area contributed by atoms with E-state index in [2.05, 4.69) is 5.32 Å². The van der Waals surface area contributed by atoms with Crippen LogP contribution >= 0.6 is 0 Å². The van der Waals surface area contributed by atoms with Gasteiger partial charge in [-0.3, -0.25) is 4.79 Å². The molecule has 0 aliphatic rings. The summed E-state index contributed by atoms with van der Waals surface area (Å²) >= 11 is 0. The molecular weight excluding hydrogens is 391 g/mol. The molecule has 0 bridgehead atoms. The lowest BCUT2D eigenvalue weighted by molar-refractivity contribution is 0.0950. The number of ether oxygens (including phenoxy) is 1. The van der Waals surface area contributed by atoms with E-state index in [0.717, 1.165) is 34.0 Å². The van der Waals surface area contributed by atoms with Gasteiger partial charge < -0.3 is 14.6 Å². The summed E-state index contributed by atoms with van der Waals surface area (Å²) in [5.41, 5.74) is 4.97. The molecule has 0 saturated heterocycles. The lowest BCUT2D eigenvalue weighted by Crippen LogP contribution is -2.23. The maximum atomic E-state index is 13.1. The van der Waals surface area contributed by atoms with Gasteiger partial charge in [-0.2, -0.15) is 0 Å². The number of hydrogen-bond acceptors (Lipinski definition) is 2. The van der Waals surface area contributed by atoms with Gasteiger partial charge in [0.1, 0.15) is 11.6 Å². The highest BCUT2D eigenvalue weighted by Gasteiger charge is 2.21. The zero-order valence-electron chi connectivity index (χ0n) is 17.4. The number of halogens is 1. The summed E-state index contributed by atoms with van der Waals surface area (Å²) in [5, 5.41) is 2.94. The molecule has 156 valence electrons. The molecule has 3 aromatic carbocycles. The molecule has 5 heteroatoms. The van der Waals surface area contributed by atoms with Gasteiger partial charge >= 0.3 is 0 Å².